The Morgan fingerprint density at radius 3 is 2.81 bits per heavy atom. The molecule has 0 aromatic carbocycles. The minimum atomic E-state index is 0.304. The van der Waals surface area contributed by atoms with Crippen molar-refractivity contribution in [3.8, 4) is 0 Å². The van der Waals surface area contributed by atoms with Crippen molar-refractivity contribution in [2.24, 2.45) is 5.92 Å². The van der Waals surface area contributed by atoms with Gasteiger partial charge in [0.1, 0.15) is 5.82 Å². The Balaban J connectivity index is 1.63. The van der Waals surface area contributed by atoms with E-state index in [-0.39, 0.29) is 0 Å². The van der Waals surface area contributed by atoms with Crippen LogP contribution in [0.4, 0.5) is 5.82 Å². The van der Waals surface area contributed by atoms with Gasteiger partial charge in [-0.05, 0) is 31.6 Å². The lowest BCUT2D eigenvalue weighted by Crippen LogP contribution is -2.41. The molecular weight excluding hydrogens is 284 g/mol. The van der Waals surface area contributed by atoms with Crippen LogP contribution in [0, 0.1) is 5.92 Å². The van der Waals surface area contributed by atoms with Crippen molar-refractivity contribution in [1.82, 2.24) is 14.9 Å². The Morgan fingerprint density at radius 2 is 2.10 bits per heavy atom. The van der Waals surface area contributed by atoms with Crippen molar-refractivity contribution in [1.29, 1.82) is 0 Å². The van der Waals surface area contributed by atoms with E-state index in [0.717, 1.165) is 56.4 Å². The van der Waals surface area contributed by atoms with Crippen LogP contribution < -0.4 is 4.90 Å². The summed E-state index contributed by atoms with van der Waals surface area (Å²) in [5.41, 5.74) is 0. The molecular formula is C15H22N4OS. The van der Waals surface area contributed by atoms with Gasteiger partial charge < -0.3 is 9.80 Å². The quantitative estimate of drug-likeness (QED) is 0.632. The molecule has 1 aromatic heterocycles. The summed E-state index contributed by atoms with van der Waals surface area (Å²) >= 11 is 1.56. The number of carbonyl (C=O) groups is 1. The highest BCUT2D eigenvalue weighted by Crippen LogP contribution is 2.28. The van der Waals surface area contributed by atoms with E-state index in [1.807, 2.05) is 18.5 Å². The second-order valence-corrected chi connectivity index (χ2v) is 6.47. The third-order valence-corrected chi connectivity index (χ3v) is 4.95. The van der Waals surface area contributed by atoms with Crippen molar-refractivity contribution in [3.63, 3.8) is 0 Å². The van der Waals surface area contributed by atoms with Crippen LogP contribution in [-0.2, 0) is 4.79 Å². The first-order valence-electron chi connectivity index (χ1n) is 7.68. The lowest BCUT2D eigenvalue weighted by Gasteiger charge is -2.31. The SMILES string of the molecule is CSc1nccc(N2CCCN(C(=O)C3CCC3)CC2)n1. The molecule has 6 heteroatoms. The first kappa shape index (κ1) is 14.6. The molecule has 0 N–H and O–H groups in total. The fraction of sp³-hybridized carbons (Fsp3) is 0.667. The summed E-state index contributed by atoms with van der Waals surface area (Å²) in [6.07, 6.45) is 8.20. The molecule has 1 saturated carbocycles. The van der Waals surface area contributed by atoms with Crippen LogP contribution in [0.2, 0.25) is 0 Å². The minimum Gasteiger partial charge on any atom is -0.355 e. The van der Waals surface area contributed by atoms with Gasteiger partial charge in [-0.1, -0.05) is 18.2 Å². The molecule has 0 unspecified atom stereocenters. The average molecular weight is 306 g/mol. The van der Waals surface area contributed by atoms with Crippen molar-refractivity contribution in [3.05, 3.63) is 12.3 Å². The van der Waals surface area contributed by atoms with Crippen LogP contribution in [-0.4, -0.2) is 53.2 Å². The number of nitrogens with zero attached hydrogens (tertiary/aromatic N) is 4. The van der Waals surface area contributed by atoms with Crippen LogP contribution >= 0.6 is 11.8 Å². The Morgan fingerprint density at radius 1 is 1.24 bits per heavy atom. The molecule has 0 radical (unpaired) electrons. The summed E-state index contributed by atoms with van der Waals surface area (Å²) in [6, 6.07) is 1.96. The van der Waals surface area contributed by atoms with Crippen LogP contribution in [0.1, 0.15) is 25.7 Å². The number of hydrogen-bond donors (Lipinski definition) is 0. The second kappa shape index (κ2) is 6.64. The van der Waals surface area contributed by atoms with Gasteiger partial charge in [0.2, 0.25) is 5.91 Å². The van der Waals surface area contributed by atoms with E-state index >= 15 is 0 Å². The van der Waals surface area contributed by atoms with E-state index in [0.29, 0.717) is 11.8 Å². The minimum absolute atomic E-state index is 0.304. The number of anilines is 1. The van der Waals surface area contributed by atoms with E-state index < -0.39 is 0 Å². The largest absolute Gasteiger partial charge is 0.355 e. The van der Waals surface area contributed by atoms with Gasteiger partial charge in [-0.15, -0.1) is 0 Å². The van der Waals surface area contributed by atoms with E-state index in [9.17, 15) is 4.79 Å². The van der Waals surface area contributed by atoms with Crippen molar-refractivity contribution < 1.29 is 4.79 Å². The van der Waals surface area contributed by atoms with Crippen LogP contribution in [0.3, 0.4) is 0 Å². The summed E-state index contributed by atoms with van der Waals surface area (Å²) < 4.78 is 0. The van der Waals surface area contributed by atoms with Crippen LogP contribution in [0.15, 0.2) is 17.4 Å². The number of thioether (sulfide) groups is 1. The number of amides is 1. The van der Waals surface area contributed by atoms with E-state index in [2.05, 4.69) is 19.8 Å². The van der Waals surface area contributed by atoms with Gasteiger partial charge in [0.15, 0.2) is 5.16 Å². The molecule has 3 rings (SSSR count). The highest BCUT2D eigenvalue weighted by atomic mass is 32.2. The Kier molecular flexibility index (Phi) is 4.63. The number of hydrogen-bond acceptors (Lipinski definition) is 5. The Labute approximate surface area is 130 Å². The predicted molar refractivity (Wildman–Crippen MR) is 84.6 cm³/mol. The van der Waals surface area contributed by atoms with E-state index in [4.69, 9.17) is 0 Å². The molecule has 1 aliphatic carbocycles. The Bertz CT molecular complexity index is 506. The first-order valence-corrected chi connectivity index (χ1v) is 8.91. The highest BCUT2D eigenvalue weighted by Gasteiger charge is 2.30. The number of carbonyl (C=O) groups excluding carboxylic acids is 1. The van der Waals surface area contributed by atoms with Crippen molar-refractivity contribution in [2.75, 3.05) is 37.3 Å². The summed E-state index contributed by atoms with van der Waals surface area (Å²) in [5.74, 6) is 1.65. The molecule has 1 saturated heterocycles. The number of aromatic nitrogens is 2. The fourth-order valence-corrected chi connectivity index (χ4v) is 3.24. The molecule has 2 heterocycles. The molecule has 2 aliphatic rings. The highest BCUT2D eigenvalue weighted by molar-refractivity contribution is 7.98. The van der Waals surface area contributed by atoms with Gasteiger partial charge in [-0.3, -0.25) is 4.79 Å². The summed E-state index contributed by atoms with van der Waals surface area (Å²) in [4.78, 5) is 25.5. The van der Waals surface area contributed by atoms with Crippen LogP contribution in [0.5, 0.6) is 0 Å². The molecule has 5 nitrogen and oxygen atoms in total. The maximum Gasteiger partial charge on any atom is 0.225 e. The van der Waals surface area contributed by atoms with Crippen molar-refractivity contribution >= 4 is 23.5 Å². The zero-order valence-corrected chi connectivity index (χ0v) is 13.3. The summed E-state index contributed by atoms with van der Waals surface area (Å²) in [7, 11) is 0. The molecule has 21 heavy (non-hydrogen) atoms. The monoisotopic (exact) mass is 306 g/mol. The maximum absolute atomic E-state index is 12.4. The summed E-state index contributed by atoms with van der Waals surface area (Å²) in [6.45, 7) is 3.52. The molecule has 0 bridgehead atoms. The third-order valence-electron chi connectivity index (χ3n) is 4.39. The fourth-order valence-electron chi connectivity index (χ4n) is 2.89. The van der Waals surface area contributed by atoms with Gasteiger partial charge in [0, 0.05) is 38.3 Å². The van der Waals surface area contributed by atoms with E-state index in [1.54, 1.807) is 11.8 Å². The molecule has 0 spiro atoms. The number of rotatable bonds is 3. The zero-order chi connectivity index (χ0) is 14.7. The van der Waals surface area contributed by atoms with E-state index in [1.165, 1.54) is 6.42 Å². The van der Waals surface area contributed by atoms with Gasteiger partial charge in [0.25, 0.3) is 0 Å². The normalized spacial score (nSPS) is 20.0. The summed E-state index contributed by atoms with van der Waals surface area (Å²) in [5, 5.41) is 0.805. The standard InChI is InChI=1S/C15H22N4OS/c1-21-15-16-7-6-13(17-15)18-8-3-9-19(11-10-18)14(20)12-4-2-5-12/h6-7,12H,2-5,8-11H2,1H3. The molecule has 1 aromatic rings. The molecule has 1 amide bonds. The smallest absolute Gasteiger partial charge is 0.225 e. The predicted octanol–water partition coefficient (Wildman–Crippen LogP) is 2.04. The van der Waals surface area contributed by atoms with Gasteiger partial charge >= 0.3 is 0 Å². The first-order chi connectivity index (χ1) is 10.3. The topological polar surface area (TPSA) is 49.3 Å². The second-order valence-electron chi connectivity index (χ2n) is 5.70. The Hall–Kier alpha value is -1.30. The third kappa shape index (κ3) is 3.31. The lowest BCUT2D eigenvalue weighted by atomic mass is 9.84. The molecule has 1 aliphatic heterocycles. The molecule has 2 fully saturated rings. The van der Waals surface area contributed by atoms with Gasteiger partial charge in [-0.25, -0.2) is 9.97 Å². The molecule has 114 valence electrons. The van der Waals surface area contributed by atoms with Crippen molar-refractivity contribution in [2.45, 2.75) is 30.8 Å². The molecule has 0 atom stereocenters. The van der Waals surface area contributed by atoms with Gasteiger partial charge in [-0.2, -0.15) is 0 Å². The average Bonchev–Trinajstić information content (AvgIpc) is 2.71. The lowest BCUT2D eigenvalue weighted by molar-refractivity contribution is -0.137. The van der Waals surface area contributed by atoms with Crippen LogP contribution in [0.25, 0.3) is 0 Å². The maximum atomic E-state index is 12.4. The van der Waals surface area contributed by atoms with Gasteiger partial charge in [0.05, 0.1) is 0 Å². The zero-order valence-electron chi connectivity index (χ0n) is 12.5.